The zero-order valence-electron chi connectivity index (χ0n) is 10.1. The first-order valence-electron chi connectivity index (χ1n) is 5.56. The summed E-state index contributed by atoms with van der Waals surface area (Å²) < 4.78 is 40.0. The molecule has 1 unspecified atom stereocenters. The molecule has 1 nitrogen and oxygen atoms in total. The Morgan fingerprint density at radius 1 is 0.947 bits per heavy atom. The Balaban J connectivity index is 2.49. The molecule has 0 bridgehead atoms. The Morgan fingerprint density at radius 3 is 2.21 bits per heavy atom. The predicted molar refractivity (Wildman–Crippen MR) is 68.5 cm³/mol. The topological polar surface area (TPSA) is 26.0 Å². The van der Waals surface area contributed by atoms with Gasteiger partial charge in [0.05, 0.1) is 6.04 Å². The van der Waals surface area contributed by atoms with Gasteiger partial charge in [-0.2, -0.15) is 0 Å². The van der Waals surface area contributed by atoms with Gasteiger partial charge < -0.3 is 5.73 Å². The van der Waals surface area contributed by atoms with Gasteiger partial charge in [0, 0.05) is 10.6 Å². The largest absolute Gasteiger partial charge is 0.320 e. The first-order chi connectivity index (χ1) is 8.90. The lowest BCUT2D eigenvalue weighted by atomic mass is 9.98. The molecule has 0 aromatic heterocycles. The fourth-order valence-corrected chi connectivity index (χ4v) is 2.10. The van der Waals surface area contributed by atoms with E-state index >= 15 is 0 Å². The normalized spacial score (nSPS) is 12.5. The molecule has 0 aliphatic heterocycles. The van der Waals surface area contributed by atoms with E-state index in [9.17, 15) is 13.2 Å². The number of rotatable bonds is 2. The van der Waals surface area contributed by atoms with Crippen LogP contribution in [0.1, 0.15) is 22.7 Å². The van der Waals surface area contributed by atoms with Crippen molar-refractivity contribution >= 4 is 11.6 Å². The summed E-state index contributed by atoms with van der Waals surface area (Å²) in [4.78, 5) is 0. The maximum absolute atomic E-state index is 13.8. The van der Waals surface area contributed by atoms with Crippen LogP contribution in [0.4, 0.5) is 13.2 Å². The highest BCUT2D eigenvalue weighted by molar-refractivity contribution is 6.31. The second-order valence-corrected chi connectivity index (χ2v) is 4.70. The van der Waals surface area contributed by atoms with Crippen LogP contribution in [0.5, 0.6) is 0 Å². The predicted octanol–water partition coefficient (Wildman–Crippen LogP) is 4.11. The van der Waals surface area contributed by atoms with E-state index in [1.807, 2.05) is 0 Å². The molecule has 0 saturated carbocycles. The van der Waals surface area contributed by atoms with Crippen molar-refractivity contribution in [3.63, 3.8) is 0 Å². The molecular formula is C14H11ClF3N. The molecule has 2 aromatic carbocycles. The fraction of sp³-hybridized carbons (Fsp3) is 0.143. The van der Waals surface area contributed by atoms with E-state index in [1.165, 1.54) is 12.1 Å². The van der Waals surface area contributed by atoms with Crippen LogP contribution in [0.15, 0.2) is 30.3 Å². The van der Waals surface area contributed by atoms with E-state index in [0.717, 1.165) is 17.7 Å². The highest BCUT2D eigenvalue weighted by Gasteiger charge is 2.19. The number of benzene rings is 2. The molecule has 0 saturated heterocycles. The van der Waals surface area contributed by atoms with E-state index in [1.54, 1.807) is 13.0 Å². The Kier molecular flexibility index (Phi) is 3.83. The average molecular weight is 286 g/mol. The van der Waals surface area contributed by atoms with Gasteiger partial charge in [-0.3, -0.25) is 0 Å². The highest BCUT2D eigenvalue weighted by Crippen LogP contribution is 2.30. The zero-order valence-corrected chi connectivity index (χ0v) is 10.8. The van der Waals surface area contributed by atoms with E-state index in [-0.39, 0.29) is 16.1 Å². The van der Waals surface area contributed by atoms with Crippen LogP contribution in [0.3, 0.4) is 0 Å². The van der Waals surface area contributed by atoms with Crippen molar-refractivity contribution < 1.29 is 13.2 Å². The van der Waals surface area contributed by atoms with Crippen molar-refractivity contribution in [1.29, 1.82) is 0 Å². The SMILES string of the molecule is Cc1ccc(C(N)c2cc(F)c(F)cc2Cl)c(F)c1. The summed E-state index contributed by atoms with van der Waals surface area (Å²) in [6.45, 7) is 1.74. The van der Waals surface area contributed by atoms with E-state index in [0.29, 0.717) is 0 Å². The van der Waals surface area contributed by atoms with Crippen molar-refractivity contribution in [1.82, 2.24) is 0 Å². The molecule has 1 atom stereocenters. The third-order valence-electron chi connectivity index (χ3n) is 2.87. The Labute approximate surface area is 113 Å². The van der Waals surface area contributed by atoms with E-state index in [4.69, 9.17) is 17.3 Å². The number of hydrogen-bond donors (Lipinski definition) is 1. The summed E-state index contributed by atoms with van der Waals surface area (Å²) >= 11 is 5.82. The van der Waals surface area contributed by atoms with Crippen LogP contribution in [0.25, 0.3) is 0 Å². The van der Waals surface area contributed by atoms with Gasteiger partial charge in [0.1, 0.15) is 5.82 Å². The molecule has 100 valence electrons. The van der Waals surface area contributed by atoms with Crippen molar-refractivity contribution in [3.8, 4) is 0 Å². The first-order valence-corrected chi connectivity index (χ1v) is 5.94. The molecular weight excluding hydrogens is 275 g/mol. The van der Waals surface area contributed by atoms with Crippen LogP contribution in [0.2, 0.25) is 5.02 Å². The number of halogens is 4. The lowest BCUT2D eigenvalue weighted by molar-refractivity contribution is 0.506. The Hall–Kier alpha value is -1.52. The van der Waals surface area contributed by atoms with Crippen molar-refractivity contribution in [2.24, 2.45) is 5.73 Å². The maximum atomic E-state index is 13.8. The Bertz CT molecular complexity index is 628. The lowest BCUT2D eigenvalue weighted by Crippen LogP contribution is -2.15. The smallest absolute Gasteiger partial charge is 0.160 e. The zero-order chi connectivity index (χ0) is 14.2. The van der Waals surface area contributed by atoms with Crippen molar-refractivity contribution in [2.45, 2.75) is 13.0 Å². The minimum Gasteiger partial charge on any atom is -0.320 e. The summed E-state index contributed by atoms with van der Waals surface area (Å²) in [5, 5.41) is -0.0358. The Morgan fingerprint density at radius 2 is 1.58 bits per heavy atom. The quantitative estimate of drug-likeness (QED) is 0.826. The molecule has 2 N–H and O–H groups in total. The maximum Gasteiger partial charge on any atom is 0.160 e. The monoisotopic (exact) mass is 285 g/mol. The molecule has 19 heavy (non-hydrogen) atoms. The van der Waals surface area contributed by atoms with Gasteiger partial charge in [-0.25, -0.2) is 13.2 Å². The highest BCUT2D eigenvalue weighted by atomic mass is 35.5. The van der Waals surface area contributed by atoms with Gasteiger partial charge in [0.15, 0.2) is 11.6 Å². The number of aryl methyl sites for hydroxylation is 1. The third-order valence-corrected chi connectivity index (χ3v) is 3.19. The summed E-state index contributed by atoms with van der Waals surface area (Å²) in [6.07, 6.45) is 0. The number of hydrogen-bond acceptors (Lipinski definition) is 1. The van der Waals surface area contributed by atoms with Crippen LogP contribution in [-0.4, -0.2) is 0 Å². The van der Waals surface area contributed by atoms with Crippen molar-refractivity contribution in [2.75, 3.05) is 0 Å². The van der Waals surface area contributed by atoms with E-state index < -0.39 is 23.5 Å². The molecule has 0 heterocycles. The van der Waals surface area contributed by atoms with Crippen LogP contribution in [-0.2, 0) is 0 Å². The third kappa shape index (κ3) is 2.74. The molecule has 0 aliphatic rings. The molecule has 0 fully saturated rings. The van der Waals surface area contributed by atoms with E-state index in [2.05, 4.69) is 0 Å². The second kappa shape index (κ2) is 5.23. The molecule has 0 amide bonds. The van der Waals surface area contributed by atoms with Crippen LogP contribution in [0, 0.1) is 24.4 Å². The number of nitrogens with two attached hydrogens (primary N) is 1. The van der Waals surface area contributed by atoms with Gasteiger partial charge in [0.2, 0.25) is 0 Å². The van der Waals surface area contributed by atoms with Crippen LogP contribution >= 0.6 is 11.6 Å². The molecule has 0 radical (unpaired) electrons. The van der Waals surface area contributed by atoms with Gasteiger partial charge in [-0.15, -0.1) is 0 Å². The van der Waals surface area contributed by atoms with Crippen LogP contribution < -0.4 is 5.73 Å². The lowest BCUT2D eigenvalue weighted by Gasteiger charge is -2.15. The average Bonchev–Trinajstić information content (AvgIpc) is 2.33. The standard InChI is InChI=1S/C14H11ClF3N/c1-7-2-3-8(11(16)4-7)14(19)9-5-12(17)13(18)6-10(9)15/h2-6,14H,19H2,1H3. The molecule has 5 heteroatoms. The van der Waals surface area contributed by atoms with Gasteiger partial charge in [0.25, 0.3) is 0 Å². The second-order valence-electron chi connectivity index (χ2n) is 4.29. The minimum atomic E-state index is -1.07. The van der Waals surface area contributed by atoms with Crippen molar-refractivity contribution in [3.05, 3.63) is 69.5 Å². The first kappa shape index (κ1) is 13.9. The summed E-state index contributed by atoms with van der Waals surface area (Å²) in [5.74, 6) is -2.64. The summed E-state index contributed by atoms with van der Waals surface area (Å²) in [5.41, 5.74) is 6.94. The molecule has 2 aromatic rings. The van der Waals surface area contributed by atoms with Gasteiger partial charge in [-0.1, -0.05) is 23.7 Å². The summed E-state index contributed by atoms with van der Waals surface area (Å²) in [6, 6.07) is 5.28. The van der Waals surface area contributed by atoms with Gasteiger partial charge >= 0.3 is 0 Å². The molecule has 2 rings (SSSR count). The molecule has 0 spiro atoms. The minimum absolute atomic E-state index is 0.0358. The molecule has 0 aliphatic carbocycles. The summed E-state index contributed by atoms with van der Waals surface area (Å²) in [7, 11) is 0. The fourth-order valence-electron chi connectivity index (χ4n) is 1.83. The van der Waals surface area contributed by atoms with Gasteiger partial charge in [-0.05, 0) is 36.2 Å².